The third-order valence-electron chi connectivity index (χ3n) is 0.879. The van der Waals surface area contributed by atoms with Crippen LogP contribution >= 0.6 is 0 Å². The van der Waals surface area contributed by atoms with Crippen LogP contribution < -0.4 is 0 Å². The van der Waals surface area contributed by atoms with E-state index in [0.717, 1.165) is 0 Å². The van der Waals surface area contributed by atoms with Gasteiger partial charge < -0.3 is 0 Å². The van der Waals surface area contributed by atoms with E-state index in [1.54, 1.807) is 0 Å². The highest BCUT2D eigenvalue weighted by Gasteiger charge is 1.94. The largest absolute Gasteiger partial charge is 0.210 e. The number of nitrogens with zero attached hydrogens (tertiary/aromatic N) is 2. The van der Waals surface area contributed by atoms with Crippen LogP contribution in [0, 0.1) is 11.1 Å². The van der Waals surface area contributed by atoms with Crippen LogP contribution in [0.15, 0.2) is 10.2 Å². The first-order valence-electron chi connectivity index (χ1n) is 2.51. The smallest absolute Gasteiger partial charge is 0.0696 e. The van der Waals surface area contributed by atoms with Gasteiger partial charge in [-0.05, 0) is 13.3 Å². The summed E-state index contributed by atoms with van der Waals surface area (Å²) in [5, 5.41) is 6.36. The lowest BCUT2D eigenvalue weighted by molar-refractivity contribution is 0.619. The summed E-state index contributed by atoms with van der Waals surface area (Å²) in [5.74, 6) is 0. The van der Waals surface area contributed by atoms with E-state index < -0.39 is 0 Å². The zero-order valence-corrected chi connectivity index (χ0v) is 4.89. The quantitative estimate of drug-likeness (QED) is 0.523. The van der Waals surface area contributed by atoms with Crippen molar-refractivity contribution >= 4 is 0 Å². The summed E-state index contributed by atoms with van der Waals surface area (Å²) in [5.41, 5.74) is 12.9. The Morgan fingerprint density at radius 1 is 1.50 bits per heavy atom. The number of nitrogens with one attached hydrogen (secondary N) is 2. The van der Waals surface area contributed by atoms with E-state index in [-0.39, 0.29) is 6.04 Å². The summed E-state index contributed by atoms with van der Waals surface area (Å²) in [7, 11) is 0. The molecule has 0 heterocycles. The molecule has 0 aromatic carbocycles. The molecule has 0 saturated heterocycles. The molecule has 0 saturated carbocycles. The standard InChI is InChI=1S/C4H10N4/c1-4(8-6)2-3-7-5/h4-6H,2-3H2,1H3. The third-order valence-corrected chi connectivity index (χ3v) is 0.879. The van der Waals surface area contributed by atoms with Crippen molar-refractivity contribution in [1.29, 1.82) is 11.1 Å². The van der Waals surface area contributed by atoms with Gasteiger partial charge in [-0.25, -0.2) is 11.1 Å². The van der Waals surface area contributed by atoms with Crippen molar-refractivity contribution in [3.63, 3.8) is 0 Å². The van der Waals surface area contributed by atoms with Gasteiger partial charge in [0.15, 0.2) is 0 Å². The fourth-order valence-electron chi connectivity index (χ4n) is 0.316. The molecule has 0 aliphatic carbocycles. The molecular weight excluding hydrogens is 104 g/mol. The minimum atomic E-state index is 0.0316. The molecule has 8 heavy (non-hydrogen) atoms. The Hall–Kier alpha value is -0.800. The summed E-state index contributed by atoms with van der Waals surface area (Å²) in [6.45, 7) is 2.32. The van der Waals surface area contributed by atoms with Crippen LogP contribution in [0.1, 0.15) is 13.3 Å². The first-order valence-corrected chi connectivity index (χ1v) is 2.51. The molecule has 0 radical (unpaired) electrons. The molecule has 1 atom stereocenters. The molecule has 4 nitrogen and oxygen atoms in total. The van der Waals surface area contributed by atoms with Crippen molar-refractivity contribution in [2.75, 3.05) is 6.54 Å². The Labute approximate surface area is 48.3 Å². The Balaban J connectivity index is 3.09. The molecule has 0 aromatic heterocycles. The van der Waals surface area contributed by atoms with Crippen LogP contribution in [-0.4, -0.2) is 12.6 Å². The number of hydrogen-bond acceptors (Lipinski definition) is 4. The van der Waals surface area contributed by atoms with Crippen molar-refractivity contribution in [2.45, 2.75) is 19.4 Å². The van der Waals surface area contributed by atoms with E-state index >= 15 is 0 Å². The minimum absolute atomic E-state index is 0.0316. The van der Waals surface area contributed by atoms with Crippen molar-refractivity contribution in [3.8, 4) is 0 Å². The highest BCUT2D eigenvalue weighted by molar-refractivity contribution is 4.54. The summed E-state index contributed by atoms with van der Waals surface area (Å²) in [4.78, 5) is 0. The van der Waals surface area contributed by atoms with Crippen LogP contribution in [-0.2, 0) is 0 Å². The second-order valence-corrected chi connectivity index (χ2v) is 1.65. The summed E-state index contributed by atoms with van der Waals surface area (Å²) < 4.78 is 0. The molecule has 1 unspecified atom stereocenters. The Kier molecular flexibility index (Phi) is 3.93. The minimum Gasteiger partial charge on any atom is -0.210 e. The lowest BCUT2D eigenvalue weighted by atomic mass is 10.3. The molecule has 2 N–H and O–H groups in total. The molecule has 4 heteroatoms. The molecule has 46 valence electrons. The maximum atomic E-state index is 6.51. The molecular formula is C4H10N4. The fourth-order valence-corrected chi connectivity index (χ4v) is 0.316. The van der Waals surface area contributed by atoms with Gasteiger partial charge in [0, 0.05) is 0 Å². The summed E-state index contributed by atoms with van der Waals surface area (Å²) >= 11 is 0. The second kappa shape index (κ2) is 4.36. The maximum absolute atomic E-state index is 6.51. The maximum Gasteiger partial charge on any atom is 0.0696 e. The zero-order chi connectivity index (χ0) is 6.41. The first-order chi connectivity index (χ1) is 3.81. The molecule has 0 aliphatic heterocycles. The summed E-state index contributed by atoms with van der Waals surface area (Å²) in [6, 6.07) is 0.0316. The van der Waals surface area contributed by atoms with E-state index in [0.29, 0.717) is 13.0 Å². The van der Waals surface area contributed by atoms with Crippen molar-refractivity contribution in [1.82, 2.24) is 0 Å². The van der Waals surface area contributed by atoms with Gasteiger partial charge in [-0.2, -0.15) is 10.2 Å². The predicted molar refractivity (Wildman–Crippen MR) is 29.2 cm³/mol. The molecule has 0 spiro atoms. The molecule has 0 aromatic rings. The predicted octanol–water partition coefficient (Wildman–Crippen LogP) is 1.83. The average molecular weight is 114 g/mol. The molecule has 0 aliphatic rings. The SMILES string of the molecule is CC(CCN=N)N=N. The normalized spacial score (nSPS) is 12.6. The van der Waals surface area contributed by atoms with Gasteiger partial charge in [0.05, 0.1) is 12.6 Å². The van der Waals surface area contributed by atoms with Crippen molar-refractivity contribution in [2.24, 2.45) is 10.2 Å². The Morgan fingerprint density at radius 3 is 2.50 bits per heavy atom. The third kappa shape index (κ3) is 3.39. The highest BCUT2D eigenvalue weighted by atomic mass is 15.0. The van der Waals surface area contributed by atoms with Gasteiger partial charge in [-0.15, -0.1) is 0 Å². The van der Waals surface area contributed by atoms with Gasteiger partial charge >= 0.3 is 0 Å². The van der Waals surface area contributed by atoms with Gasteiger partial charge in [0.25, 0.3) is 0 Å². The van der Waals surface area contributed by atoms with E-state index in [9.17, 15) is 0 Å². The monoisotopic (exact) mass is 114 g/mol. The number of hydrogen-bond donors (Lipinski definition) is 2. The van der Waals surface area contributed by atoms with Gasteiger partial charge in [-0.3, -0.25) is 0 Å². The van der Waals surface area contributed by atoms with Crippen LogP contribution in [0.2, 0.25) is 0 Å². The average Bonchev–Trinajstić information content (AvgIpc) is 1.83. The van der Waals surface area contributed by atoms with Gasteiger partial charge in [0.1, 0.15) is 0 Å². The molecule has 0 amide bonds. The first kappa shape index (κ1) is 7.20. The van der Waals surface area contributed by atoms with Crippen LogP contribution in [0.25, 0.3) is 0 Å². The van der Waals surface area contributed by atoms with Crippen LogP contribution in [0.5, 0.6) is 0 Å². The Bertz CT molecular complexity index is 80.1. The van der Waals surface area contributed by atoms with Crippen LogP contribution in [0.3, 0.4) is 0 Å². The Morgan fingerprint density at radius 2 is 2.12 bits per heavy atom. The summed E-state index contributed by atoms with van der Waals surface area (Å²) in [6.07, 6.45) is 0.715. The lowest BCUT2D eigenvalue weighted by Gasteiger charge is -1.96. The van der Waals surface area contributed by atoms with Gasteiger partial charge in [-0.1, -0.05) is 0 Å². The van der Waals surface area contributed by atoms with E-state index in [1.165, 1.54) is 0 Å². The molecule has 0 rings (SSSR count). The van der Waals surface area contributed by atoms with E-state index in [1.807, 2.05) is 6.92 Å². The van der Waals surface area contributed by atoms with E-state index in [4.69, 9.17) is 11.1 Å². The van der Waals surface area contributed by atoms with E-state index in [2.05, 4.69) is 10.2 Å². The second-order valence-electron chi connectivity index (χ2n) is 1.65. The lowest BCUT2D eigenvalue weighted by Crippen LogP contribution is -1.97. The topological polar surface area (TPSA) is 72.4 Å². The number of rotatable bonds is 4. The van der Waals surface area contributed by atoms with Crippen LogP contribution in [0.4, 0.5) is 0 Å². The van der Waals surface area contributed by atoms with Gasteiger partial charge in [0.2, 0.25) is 0 Å². The van der Waals surface area contributed by atoms with Crippen molar-refractivity contribution < 1.29 is 0 Å². The zero-order valence-electron chi connectivity index (χ0n) is 4.89. The molecule has 0 bridgehead atoms. The fraction of sp³-hybridized carbons (Fsp3) is 1.00. The molecule has 0 fully saturated rings. The highest BCUT2D eigenvalue weighted by Crippen LogP contribution is 1.94. The van der Waals surface area contributed by atoms with Crippen molar-refractivity contribution in [3.05, 3.63) is 0 Å².